The van der Waals surface area contributed by atoms with E-state index in [-0.39, 0.29) is 12.1 Å². The number of benzene rings is 2. The molecule has 1 N–H and O–H groups in total. The summed E-state index contributed by atoms with van der Waals surface area (Å²) in [6.45, 7) is 3.09. The Balaban J connectivity index is 1.77. The fourth-order valence-electron chi connectivity index (χ4n) is 2.46. The first-order valence-corrected chi connectivity index (χ1v) is 7.08. The van der Waals surface area contributed by atoms with Crippen LogP contribution < -0.4 is 10.1 Å². The Bertz CT molecular complexity index is 628. The summed E-state index contributed by atoms with van der Waals surface area (Å²) in [5.74, 6) is 0.861. The zero-order valence-electron chi connectivity index (χ0n) is 12.0. The van der Waals surface area contributed by atoms with Crippen molar-refractivity contribution >= 4 is 11.7 Å². The fraction of sp³-hybridized carbons (Fsp3) is 0.235. The number of hydrogen-bond donors (Lipinski definition) is 1. The van der Waals surface area contributed by atoms with Crippen molar-refractivity contribution in [1.29, 1.82) is 0 Å². The maximum absolute atomic E-state index is 12.4. The van der Waals surface area contributed by atoms with Crippen LogP contribution in [0.1, 0.15) is 12.5 Å². The van der Waals surface area contributed by atoms with Gasteiger partial charge in [0, 0.05) is 11.3 Å². The summed E-state index contributed by atoms with van der Waals surface area (Å²) in [5, 5.41) is 2.92. The number of carbonyl (C=O) groups is 1. The Morgan fingerprint density at radius 3 is 2.67 bits per heavy atom. The van der Waals surface area contributed by atoms with E-state index >= 15 is 0 Å². The molecule has 1 atom stereocenters. The van der Waals surface area contributed by atoms with Crippen LogP contribution in [-0.2, 0) is 6.54 Å². The van der Waals surface area contributed by atoms with E-state index in [9.17, 15) is 4.79 Å². The van der Waals surface area contributed by atoms with Crippen LogP contribution >= 0.6 is 0 Å². The normalized spacial score (nSPS) is 17.4. The molecule has 1 unspecified atom stereocenters. The summed E-state index contributed by atoms with van der Waals surface area (Å²) in [4.78, 5) is 14.2. The van der Waals surface area contributed by atoms with Crippen LogP contribution in [0.4, 0.5) is 10.5 Å². The first kappa shape index (κ1) is 13.5. The van der Waals surface area contributed by atoms with Crippen molar-refractivity contribution in [3.63, 3.8) is 0 Å². The van der Waals surface area contributed by atoms with Crippen LogP contribution in [0.3, 0.4) is 0 Å². The van der Waals surface area contributed by atoms with E-state index in [2.05, 4.69) is 5.32 Å². The van der Waals surface area contributed by atoms with Crippen LogP contribution in [0, 0.1) is 0 Å². The molecule has 0 aromatic heterocycles. The number of nitrogens with zero attached hydrogens (tertiary/aromatic N) is 1. The molecule has 0 bridgehead atoms. The second kappa shape index (κ2) is 5.87. The van der Waals surface area contributed by atoms with Gasteiger partial charge in [0.15, 0.2) is 0 Å². The van der Waals surface area contributed by atoms with Gasteiger partial charge in [-0.25, -0.2) is 4.79 Å². The molecule has 0 aliphatic carbocycles. The predicted octanol–water partition coefficient (Wildman–Crippen LogP) is 3.50. The van der Waals surface area contributed by atoms with Crippen molar-refractivity contribution in [2.24, 2.45) is 0 Å². The van der Waals surface area contributed by atoms with Crippen molar-refractivity contribution in [3.05, 3.63) is 60.2 Å². The fourth-order valence-corrected chi connectivity index (χ4v) is 2.46. The largest absolute Gasteiger partial charge is 0.489 e. The lowest BCUT2D eigenvalue weighted by Gasteiger charge is -2.22. The Morgan fingerprint density at radius 1 is 1.14 bits per heavy atom. The molecule has 4 nitrogen and oxygen atoms in total. The van der Waals surface area contributed by atoms with Gasteiger partial charge in [0.05, 0.1) is 13.1 Å². The maximum atomic E-state index is 12.4. The molecular weight excluding hydrogens is 264 g/mol. The summed E-state index contributed by atoms with van der Waals surface area (Å²) in [5.41, 5.74) is 1.83. The number of carbonyl (C=O) groups excluding carboxylic acids is 1. The van der Waals surface area contributed by atoms with E-state index in [4.69, 9.17) is 4.74 Å². The maximum Gasteiger partial charge on any atom is 0.322 e. The number of urea groups is 1. The summed E-state index contributed by atoms with van der Waals surface area (Å²) >= 11 is 0. The average molecular weight is 282 g/mol. The molecule has 1 aliphatic rings. The van der Waals surface area contributed by atoms with Gasteiger partial charge in [-0.1, -0.05) is 36.4 Å². The van der Waals surface area contributed by atoms with Crippen molar-refractivity contribution in [3.8, 4) is 5.75 Å². The zero-order chi connectivity index (χ0) is 14.7. The molecule has 2 amide bonds. The molecule has 0 fully saturated rings. The first-order valence-electron chi connectivity index (χ1n) is 7.08. The number of hydrogen-bond acceptors (Lipinski definition) is 2. The van der Waals surface area contributed by atoms with Gasteiger partial charge >= 0.3 is 6.03 Å². The highest BCUT2D eigenvalue weighted by Crippen LogP contribution is 2.25. The monoisotopic (exact) mass is 282 g/mol. The van der Waals surface area contributed by atoms with E-state index < -0.39 is 0 Å². The smallest absolute Gasteiger partial charge is 0.322 e. The number of nitrogens with one attached hydrogen (secondary N) is 1. The van der Waals surface area contributed by atoms with Crippen molar-refractivity contribution in [2.45, 2.75) is 19.6 Å². The van der Waals surface area contributed by atoms with Gasteiger partial charge in [-0.2, -0.15) is 0 Å². The Hall–Kier alpha value is -2.49. The molecule has 0 saturated carbocycles. The summed E-state index contributed by atoms with van der Waals surface area (Å²) in [6.07, 6.45) is -0.0322. The number of amides is 2. The number of ether oxygens (including phenoxy) is 1. The molecule has 108 valence electrons. The minimum Gasteiger partial charge on any atom is -0.489 e. The van der Waals surface area contributed by atoms with Crippen LogP contribution in [0.25, 0.3) is 0 Å². The highest BCUT2D eigenvalue weighted by Gasteiger charge is 2.23. The number of fused-ring (bicyclic) bond motifs is 1. The van der Waals surface area contributed by atoms with Gasteiger partial charge < -0.3 is 15.0 Å². The molecule has 3 rings (SSSR count). The summed E-state index contributed by atoms with van der Waals surface area (Å²) in [6, 6.07) is 17.2. The lowest BCUT2D eigenvalue weighted by atomic mass is 10.2. The van der Waals surface area contributed by atoms with Gasteiger partial charge in [0.2, 0.25) is 0 Å². The molecule has 2 aromatic carbocycles. The lowest BCUT2D eigenvalue weighted by Crippen LogP contribution is -2.38. The standard InChI is InChI=1S/C17H18N2O2/c1-13-11-19(12-14-7-5-6-10-16(14)21-13)17(20)18-15-8-3-2-4-9-15/h2-10,13H,11-12H2,1H3,(H,18,20). The molecule has 1 aliphatic heterocycles. The second-order valence-electron chi connectivity index (χ2n) is 5.21. The number of rotatable bonds is 1. The van der Waals surface area contributed by atoms with Crippen LogP contribution in [0.15, 0.2) is 54.6 Å². The highest BCUT2D eigenvalue weighted by molar-refractivity contribution is 5.89. The SMILES string of the molecule is CC1CN(C(=O)Nc2ccccc2)Cc2ccccc2O1. The third-order valence-electron chi connectivity index (χ3n) is 3.45. The molecule has 0 saturated heterocycles. The molecule has 21 heavy (non-hydrogen) atoms. The Morgan fingerprint density at radius 2 is 1.86 bits per heavy atom. The molecule has 0 spiro atoms. The van der Waals surface area contributed by atoms with E-state index in [0.29, 0.717) is 13.1 Å². The summed E-state index contributed by atoms with van der Waals surface area (Å²) in [7, 11) is 0. The summed E-state index contributed by atoms with van der Waals surface area (Å²) < 4.78 is 5.87. The van der Waals surface area contributed by atoms with E-state index in [1.807, 2.05) is 61.5 Å². The average Bonchev–Trinajstić information content (AvgIpc) is 2.66. The topological polar surface area (TPSA) is 41.6 Å². The molecule has 0 radical (unpaired) electrons. The van der Waals surface area contributed by atoms with E-state index in [1.165, 1.54) is 0 Å². The van der Waals surface area contributed by atoms with Gasteiger partial charge in [0.25, 0.3) is 0 Å². The lowest BCUT2D eigenvalue weighted by molar-refractivity contribution is 0.167. The minimum atomic E-state index is -0.103. The first-order chi connectivity index (χ1) is 10.2. The van der Waals surface area contributed by atoms with Gasteiger partial charge in [-0.15, -0.1) is 0 Å². The molecular formula is C17H18N2O2. The highest BCUT2D eigenvalue weighted by atomic mass is 16.5. The Kier molecular flexibility index (Phi) is 3.77. The van der Waals surface area contributed by atoms with Crippen molar-refractivity contribution < 1.29 is 9.53 Å². The van der Waals surface area contributed by atoms with Crippen molar-refractivity contribution in [2.75, 3.05) is 11.9 Å². The predicted molar refractivity (Wildman–Crippen MR) is 82.4 cm³/mol. The van der Waals surface area contributed by atoms with E-state index in [1.54, 1.807) is 4.90 Å². The quantitative estimate of drug-likeness (QED) is 0.869. The number of anilines is 1. The molecule has 4 heteroatoms. The molecule has 2 aromatic rings. The van der Waals surface area contributed by atoms with Crippen LogP contribution in [-0.4, -0.2) is 23.6 Å². The second-order valence-corrected chi connectivity index (χ2v) is 5.21. The Labute approximate surface area is 124 Å². The van der Waals surface area contributed by atoms with Gasteiger partial charge in [0.1, 0.15) is 11.9 Å². The van der Waals surface area contributed by atoms with Crippen molar-refractivity contribution in [1.82, 2.24) is 4.90 Å². The van der Waals surface area contributed by atoms with Crippen LogP contribution in [0.5, 0.6) is 5.75 Å². The third-order valence-corrected chi connectivity index (χ3v) is 3.45. The number of para-hydroxylation sites is 2. The third kappa shape index (κ3) is 3.16. The van der Waals surface area contributed by atoms with Gasteiger partial charge in [-0.3, -0.25) is 0 Å². The minimum absolute atomic E-state index is 0.0322. The van der Waals surface area contributed by atoms with E-state index in [0.717, 1.165) is 17.0 Å². The van der Waals surface area contributed by atoms with Gasteiger partial charge in [-0.05, 0) is 25.1 Å². The molecule has 1 heterocycles. The van der Waals surface area contributed by atoms with Crippen LogP contribution in [0.2, 0.25) is 0 Å². The zero-order valence-corrected chi connectivity index (χ0v) is 12.0.